The number of para-hydroxylation sites is 1. The molecule has 0 spiro atoms. The largest absolute Gasteiger partial charge is 0.494 e. The number of aryl methyl sites for hydroxylation is 1. The van der Waals surface area contributed by atoms with Crippen molar-refractivity contribution in [2.45, 2.75) is 45.1 Å². The quantitative estimate of drug-likeness (QED) is 0.647. The van der Waals surface area contributed by atoms with E-state index in [0.29, 0.717) is 22.6 Å². The lowest BCUT2D eigenvalue weighted by Crippen LogP contribution is -2.41. The highest BCUT2D eigenvalue weighted by Crippen LogP contribution is 2.40. The summed E-state index contributed by atoms with van der Waals surface area (Å²) in [4.78, 5) is 29.1. The first-order valence-electron chi connectivity index (χ1n) is 9.97. The van der Waals surface area contributed by atoms with E-state index in [4.69, 9.17) is 4.74 Å². The molecule has 4 rings (SSSR count). The van der Waals surface area contributed by atoms with Crippen molar-refractivity contribution in [2.75, 3.05) is 13.7 Å². The second-order valence-electron chi connectivity index (χ2n) is 7.43. The number of thiophene rings is 1. The molecule has 3 aromatic rings. The second-order valence-corrected chi connectivity index (χ2v) is 8.45. The Bertz CT molecular complexity index is 1090. The zero-order valence-corrected chi connectivity index (χ0v) is 17.5. The Labute approximate surface area is 168 Å². The van der Waals surface area contributed by atoms with E-state index < -0.39 is 0 Å². The van der Waals surface area contributed by atoms with E-state index in [-0.39, 0.29) is 17.5 Å². The number of rotatable bonds is 4. The maximum absolute atomic E-state index is 13.5. The summed E-state index contributed by atoms with van der Waals surface area (Å²) in [6.07, 6.45) is 5.69. The molecule has 0 atom stereocenters. The van der Waals surface area contributed by atoms with Gasteiger partial charge < -0.3 is 14.2 Å². The number of amides is 1. The molecule has 1 aromatic carbocycles. The van der Waals surface area contributed by atoms with Crippen LogP contribution in [0.5, 0.6) is 5.75 Å². The van der Waals surface area contributed by atoms with E-state index >= 15 is 0 Å². The number of ether oxygens (including phenoxy) is 1. The number of methoxy groups -OCH3 is 1. The van der Waals surface area contributed by atoms with Crippen LogP contribution in [0.2, 0.25) is 0 Å². The zero-order valence-electron chi connectivity index (χ0n) is 16.7. The number of pyridine rings is 1. The monoisotopic (exact) mass is 398 g/mol. The first-order valence-corrected chi connectivity index (χ1v) is 10.8. The van der Waals surface area contributed by atoms with Gasteiger partial charge in [-0.15, -0.1) is 11.3 Å². The van der Waals surface area contributed by atoms with Gasteiger partial charge in [0.05, 0.1) is 17.3 Å². The molecular formula is C22H26N2O3S. The highest BCUT2D eigenvalue weighted by atomic mass is 32.1. The third-order valence-corrected chi connectivity index (χ3v) is 7.10. The zero-order chi connectivity index (χ0) is 19.8. The summed E-state index contributed by atoms with van der Waals surface area (Å²) >= 11 is 1.39. The third kappa shape index (κ3) is 2.91. The van der Waals surface area contributed by atoms with Gasteiger partial charge in [0.2, 0.25) is 0 Å². The molecule has 0 N–H and O–H groups in total. The number of hydrogen-bond acceptors (Lipinski definition) is 4. The van der Waals surface area contributed by atoms with Crippen molar-refractivity contribution in [1.82, 2.24) is 9.47 Å². The Kier molecular flexibility index (Phi) is 5.15. The third-order valence-electron chi connectivity index (χ3n) is 5.91. The van der Waals surface area contributed by atoms with E-state index in [0.717, 1.165) is 28.4 Å². The number of aromatic nitrogens is 1. The number of carbonyl (C=O) groups is 1. The summed E-state index contributed by atoms with van der Waals surface area (Å²) in [6.45, 7) is 2.69. The van der Waals surface area contributed by atoms with Gasteiger partial charge in [0.1, 0.15) is 10.3 Å². The molecule has 1 amide bonds. The highest BCUT2D eigenvalue weighted by Gasteiger charge is 2.30. The van der Waals surface area contributed by atoms with E-state index in [2.05, 4.69) is 0 Å². The van der Waals surface area contributed by atoms with Crippen LogP contribution in [0.4, 0.5) is 0 Å². The Hall–Kier alpha value is -2.34. The van der Waals surface area contributed by atoms with Gasteiger partial charge in [-0.1, -0.05) is 37.5 Å². The fraction of sp³-hybridized carbons (Fsp3) is 0.455. The predicted octanol–water partition coefficient (Wildman–Crippen LogP) is 4.56. The van der Waals surface area contributed by atoms with Gasteiger partial charge in [0.25, 0.3) is 11.5 Å². The van der Waals surface area contributed by atoms with Gasteiger partial charge in [-0.25, -0.2) is 0 Å². The normalized spacial score (nSPS) is 15.2. The molecular weight excluding hydrogens is 372 g/mol. The van der Waals surface area contributed by atoms with Crippen molar-refractivity contribution in [3.8, 4) is 5.75 Å². The Morgan fingerprint density at radius 1 is 1.25 bits per heavy atom. The molecule has 1 saturated carbocycles. The standard InChI is InChI=1S/C22H26N2O3S/c1-4-24(14-10-6-5-7-11-14)22(26)20-18(27-3)17-19(28-20)15-12-8-9-13-16(15)23(2)21(17)25/h8-9,12-14H,4-7,10-11H2,1-3H3. The van der Waals surface area contributed by atoms with Gasteiger partial charge in [-0.2, -0.15) is 0 Å². The Morgan fingerprint density at radius 2 is 1.96 bits per heavy atom. The summed E-state index contributed by atoms with van der Waals surface area (Å²) < 4.78 is 8.11. The molecule has 5 nitrogen and oxygen atoms in total. The van der Waals surface area contributed by atoms with Crippen LogP contribution < -0.4 is 10.3 Å². The van der Waals surface area contributed by atoms with Crippen LogP contribution >= 0.6 is 11.3 Å². The molecule has 1 aliphatic rings. The van der Waals surface area contributed by atoms with Gasteiger partial charge in [0, 0.05) is 25.0 Å². The first-order chi connectivity index (χ1) is 13.6. The predicted molar refractivity (Wildman–Crippen MR) is 115 cm³/mol. The molecule has 0 aliphatic heterocycles. The second kappa shape index (κ2) is 7.59. The molecule has 0 radical (unpaired) electrons. The summed E-state index contributed by atoms with van der Waals surface area (Å²) in [5.41, 5.74) is 0.740. The molecule has 0 saturated heterocycles. The molecule has 1 aliphatic carbocycles. The average Bonchev–Trinajstić information content (AvgIpc) is 3.13. The van der Waals surface area contributed by atoms with Crippen LogP contribution in [-0.4, -0.2) is 35.1 Å². The number of carbonyl (C=O) groups excluding carboxylic acids is 1. The highest BCUT2D eigenvalue weighted by molar-refractivity contribution is 7.22. The average molecular weight is 399 g/mol. The van der Waals surface area contributed by atoms with Crippen LogP contribution in [0.1, 0.15) is 48.7 Å². The summed E-state index contributed by atoms with van der Waals surface area (Å²) in [5, 5.41) is 1.49. The van der Waals surface area contributed by atoms with Crippen LogP contribution in [0, 0.1) is 0 Å². The summed E-state index contributed by atoms with van der Waals surface area (Å²) in [6, 6.07) is 8.09. The topological polar surface area (TPSA) is 51.5 Å². The first kappa shape index (κ1) is 19.0. The van der Waals surface area contributed by atoms with Crippen molar-refractivity contribution < 1.29 is 9.53 Å². The minimum atomic E-state index is -0.124. The lowest BCUT2D eigenvalue weighted by atomic mass is 9.94. The van der Waals surface area contributed by atoms with Gasteiger partial charge in [-0.3, -0.25) is 9.59 Å². The van der Waals surface area contributed by atoms with Crippen molar-refractivity contribution in [3.05, 3.63) is 39.5 Å². The van der Waals surface area contributed by atoms with Crippen LogP contribution in [0.25, 0.3) is 21.0 Å². The smallest absolute Gasteiger partial charge is 0.268 e. The Morgan fingerprint density at radius 3 is 2.64 bits per heavy atom. The van der Waals surface area contributed by atoms with Gasteiger partial charge in [-0.05, 0) is 25.8 Å². The summed E-state index contributed by atoms with van der Waals surface area (Å²) in [7, 11) is 3.31. The molecule has 0 unspecified atom stereocenters. The maximum atomic E-state index is 13.5. The lowest BCUT2D eigenvalue weighted by Gasteiger charge is -2.33. The number of benzene rings is 1. The number of fused-ring (bicyclic) bond motifs is 3. The molecule has 2 heterocycles. The SMILES string of the molecule is CCN(C(=O)c1sc2c(c1OC)c(=O)n(C)c1ccccc21)C1CCCCC1. The van der Waals surface area contributed by atoms with E-state index in [9.17, 15) is 9.59 Å². The minimum Gasteiger partial charge on any atom is -0.494 e. The molecule has 6 heteroatoms. The van der Waals surface area contributed by atoms with Crippen LogP contribution in [0.15, 0.2) is 29.1 Å². The fourth-order valence-electron chi connectivity index (χ4n) is 4.46. The van der Waals surface area contributed by atoms with E-state index in [1.54, 1.807) is 18.7 Å². The molecule has 0 bridgehead atoms. The Balaban J connectivity index is 1.92. The van der Waals surface area contributed by atoms with Crippen molar-refractivity contribution in [3.63, 3.8) is 0 Å². The van der Waals surface area contributed by atoms with Crippen LogP contribution in [-0.2, 0) is 7.05 Å². The van der Waals surface area contributed by atoms with E-state index in [1.807, 2.05) is 36.1 Å². The number of nitrogens with zero attached hydrogens (tertiary/aromatic N) is 2. The molecule has 148 valence electrons. The molecule has 1 fully saturated rings. The van der Waals surface area contributed by atoms with Crippen molar-refractivity contribution in [2.24, 2.45) is 7.05 Å². The molecule has 2 aromatic heterocycles. The summed E-state index contributed by atoms with van der Waals surface area (Å²) in [5.74, 6) is 0.407. The van der Waals surface area contributed by atoms with Crippen molar-refractivity contribution in [1.29, 1.82) is 0 Å². The molecule has 28 heavy (non-hydrogen) atoms. The minimum absolute atomic E-state index is 0.0152. The van der Waals surface area contributed by atoms with Crippen molar-refractivity contribution >= 4 is 38.2 Å². The van der Waals surface area contributed by atoms with E-state index in [1.165, 1.54) is 30.6 Å². The maximum Gasteiger partial charge on any atom is 0.268 e. The van der Waals surface area contributed by atoms with Crippen LogP contribution in [0.3, 0.4) is 0 Å². The van der Waals surface area contributed by atoms with Gasteiger partial charge >= 0.3 is 0 Å². The number of hydrogen-bond donors (Lipinski definition) is 0. The van der Waals surface area contributed by atoms with Gasteiger partial charge in [0.15, 0.2) is 5.75 Å². The lowest BCUT2D eigenvalue weighted by molar-refractivity contribution is 0.0650. The fourth-order valence-corrected chi connectivity index (χ4v) is 5.71.